The summed E-state index contributed by atoms with van der Waals surface area (Å²) in [5, 5.41) is 25.5. The summed E-state index contributed by atoms with van der Waals surface area (Å²) in [5.41, 5.74) is 1.47. The molecule has 130 valence electrons. The standard InChI is InChI=1S/C13H10O.C6H15NO3/c14-13(11-7-3-1-4-8-11)12-9-5-2-6-10-12;8-4-1-7(2-5-9)3-6-10/h1-10H;8-10H,1-6H2. The van der Waals surface area contributed by atoms with Gasteiger partial charge in [-0.3, -0.25) is 9.69 Å². The highest BCUT2D eigenvalue weighted by Gasteiger charge is 2.06. The zero-order chi connectivity index (χ0) is 17.6. The monoisotopic (exact) mass is 331 g/mol. The highest BCUT2D eigenvalue weighted by Crippen LogP contribution is 2.08. The topological polar surface area (TPSA) is 81.0 Å². The third kappa shape index (κ3) is 7.48. The predicted molar refractivity (Wildman–Crippen MR) is 94.0 cm³/mol. The molecular weight excluding hydrogens is 306 g/mol. The molecule has 0 spiro atoms. The van der Waals surface area contributed by atoms with Crippen LogP contribution < -0.4 is 0 Å². The van der Waals surface area contributed by atoms with E-state index in [1.165, 1.54) is 0 Å². The van der Waals surface area contributed by atoms with Gasteiger partial charge in [0.15, 0.2) is 5.78 Å². The summed E-state index contributed by atoms with van der Waals surface area (Å²) in [6.07, 6.45) is 0. The number of aliphatic hydroxyl groups excluding tert-OH is 3. The molecule has 2 rings (SSSR count). The predicted octanol–water partition coefficient (Wildman–Crippen LogP) is 1.18. The largest absolute Gasteiger partial charge is 0.395 e. The Bertz CT molecular complexity index is 504. The summed E-state index contributed by atoms with van der Waals surface area (Å²) in [5.74, 6) is 0.0752. The van der Waals surface area contributed by atoms with Gasteiger partial charge in [0.05, 0.1) is 19.8 Å². The van der Waals surface area contributed by atoms with Crippen LogP contribution in [0.3, 0.4) is 0 Å². The number of benzene rings is 2. The van der Waals surface area contributed by atoms with Crippen molar-refractivity contribution >= 4 is 5.78 Å². The van der Waals surface area contributed by atoms with E-state index in [0.717, 1.165) is 11.1 Å². The lowest BCUT2D eigenvalue weighted by atomic mass is 10.0. The van der Waals surface area contributed by atoms with E-state index in [4.69, 9.17) is 15.3 Å². The van der Waals surface area contributed by atoms with E-state index in [9.17, 15) is 4.79 Å². The van der Waals surface area contributed by atoms with Crippen molar-refractivity contribution in [3.63, 3.8) is 0 Å². The first-order chi connectivity index (χ1) is 11.7. The minimum absolute atomic E-state index is 0.0694. The third-order valence-corrected chi connectivity index (χ3v) is 3.32. The summed E-state index contributed by atoms with van der Waals surface area (Å²) < 4.78 is 0. The maximum atomic E-state index is 11.8. The lowest BCUT2D eigenvalue weighted by molar-refractivity contribution is 0.103. The molecule has 0 radical (unpaired) electrons. The van der Waals surface area contributed by atoms with Gasteiger partial charge in [0, 0.05) is 30.8 Å². The highest BCUT2D eigenvalue weighted by molar-refractivity contribution is 6.08. The third-order valence-electron chi connectivity index (χ3n) is 3.32. The Morgan fingerprint density at radius 3 is 1.29 bits per heavy atom. The molecule has 0 fully saturated rings. The van der Waals surface area contributed by atoms with Crippen LogP contribution >= 0.6 is 0 Å². The molecule has 5 heteroatoms. The fourth-order valence-electron chi connectivity index (χ4n) is 2.11. The molecule has 0 saturated heterocycles. The Morgan fingerprint density at radius 2 is 1.00 bits per heavy atom. The van der Waals surface area contributed by atoms with Crippen molar-refractivity contribution in [3.05, 3.63) is 71.8 Å². The van der Waals surface area contributed by atoms with Crippen molar-refractivity contribution in [1.29, 1.82) is 0 Å². The van der Waals surface area contributed by atoms with Gasteiger partial charge in [0.25, 0.3) is 0 Å². The van der Waals surface area contributed by atoms with Crippen LogP contribution in [0.2, 0.25) is 0 Å². The van der Waals surface area contributed by atoms with Crippen LogP contribution in [0.5, 0.6) is 0 Å². The Morgan fingerprint density at radius 1 is 0.667 bits per heavy atom. The van der Waals surface area contributed by atoms with E-state index >= 15 is 0 Å². The summed E-state index contributed by atoms with van der Waals surface area (Å²) in [6, 6.07) is 18.6. The summed E-state index contributed by atoms with van der Waals surface area (Å²) in [4.78, 5) is 13.6. The quantitative estimate of drug-likeness (QED) is 0.633. The van der Waals surface area contributed by atoms with Crippen molar-refractivity contribution in [1.82, 2.24) is 4.90 Å². The van der Waals surface area contributed by atoms with Gasteiger partial charge in [0.1, 0.15) is 0 Å². The molecular formula is C19H25NO4. The van der Waals surface area contributed by atoms with E-state index in [-0.39, 0.29) is 25.6 Å². The number of hydrogen-bond acceptors (Lipinski definition) is 5. The number of carbonyl (C=O) groups is 1. The number of hydrogen-bond donors (Lipinski definition) is 3. The second kappa shape index (κ2) is 12.4. The maximum absolute atomic E-state index is 11.8. The molecule has 5 nitrogen and oxygen atoms in total. The Hall–Kier alpha value is -2.05. The number of rotatable bonds is 8. The van der Waals surface area contributed by atoms with Crippen LogP contribution in [0.25, 0.3) is 0 Å². The van der Waals surface area contributed by atoms with Gasteiger partial charge in [0.2, 0.25) is 0 Å². The maximum Gasteiger partial charge on any atom is 0.193 e. The van der Waals surface area contributed by atoms with Gasteiger partial charge in [-0.2, -0.15) is 0 Å². The molecule has 2 aromatic rings. The van der Waals surface area contributed by atoms with E-state index in [2.05, 4.69) is 0 Å². The van der Waals surface area contributed by atoms with Crippen LogP contribution in [0.15, 0.2) is 60.7 Å². The number of carbonyl (C=O) groups excluding carboxylic acids is 1. The molecule has 0 aliphatic carbocycles. The fraction of sp³-hybridized carbons (Fsp3) is 0.316. The second-order valence-electron chi connectivity index (χ2n) is 5.07. The number of nitrogens with zero attached hydrogens (tertiary/aromatic N) is 1. The molecule has 0 atom stereocenters. The van der Waals surface area contributed by atoms with Crippen LogP contribution in [-0.4, -0.2) is 65.5 Å². The molecule has 0 saturated carbocycles. The zero-order valence-corrected chi connectivity index (χ0v) is 13.7. The smallest absolute Gasteiger partial charge is 0.193 e. The Kier molecular flexibility index (Phi) is 10.3. The van der Waals surface area contributed by atoms with E-state index < -0.39 is 0 Å². The minimum atomic E-state index is 0.0694. The zero-order valence-electron chi connectivity index (χ0n) is 13.7. The minimum Gasteiger partial charge on any atom is -0.395 e. The first-order valence-corrected chi connectivity index (χ1v) is 7.92. The average Bonchev–Trinajstić information content (AvgIpc) is 2.64. The summed E-state index contributed by atoms with van der Waals surface area (Å²) >= 11 is 0. The van der Waals surface area contributed by atoms with Crippen LogP contribution in [0.1, 0.15) is 15.9 Å². The summed E-state index contributed by atoms with van der Waals surface area (Å²) in [7, 11) is 0. The van der Waals surface area contributed by atoms with E-state index in [0.29, 0.717) is 19.6 Å². The van der Waals surface area contributed by atoms with E-state index in [1.54, 1.807) is 4.90 Å². The average molecular weight is 331 g/mol. The van der Waals surface area contributed by atoms with Gasteiger partial charge in [-0.05, 0) is 0 Å². The lowest BCUT2D eigenvalue weighted by Gasteiger charge is -2.17. The molecule has 0 bridgehead atoms. The van der Waals surface area contributed by atoms with Crippen LogP contribution in [-0.2, 0) is 0 Å². The molecule has 2 aromatic carbocycles. The van der Waals surface area contributed by atoms with Crippen LogP contribution in [0.4, 0.5) is 0 Å². The Labute approximate surface area is 142 Å². The van der Waals surface area contributed by atoms with Crippen molar-refractivity contribution in [3.8, 4) is 0 Å². The molecule has 0 amide bonds. The van der Waals surface area contributed by atoms with Crippen molar-refractivity contribution in [2.24, 2.45) is 0 Å². The van der Waals surface area contributed by atoms with E-state index in [1.807, 2.05) is 60.7 Å². The van der Waals surface area contributed by atoms with Crippen molar-refractivity contribution in [2.45, 2.75) is 0 Å². The number of aliphatic hydroxyl groups is 3. The second-order valence-corrected chi connectivity index (χ2v) is 5.07. The first-order valence-electron chi connectivity index (χ1n) is 7.92. The SMILES string of the molecule is O=C(c1ccccc1)c1ccccc1.OCCN(CCO)CCO. The highest BCUT2D eigenvalue weighted by atomic mass is 16.3. The number of ketones is 1. The molecule has 24 heavy (non-hydrogen) atoms. The van der Waals surface area contributed by atoms with Gasteiger partial charge in [-0.25, -0.2) is 0 Å². The molecule has 0 aliphatic rings. The molecule has 0 heterocycles. The molecule has 3 N–H and O–H groups in total. The van der Waals surface area contributed by atoms with Crippen molar-refractivity contribution < 1.29 is 20.1 Å². The van der Waals surface area contributed by atoms with Gasteiger partial charge in [-0.1, -0.05) is 60.7 Å². The normalized spacial score (nSPS) is 10.2. The fourth-order valence-corrected chi connectivity index (χ4v) is 2.11. The van der Waals surface area contributed by atoms with Gasteiger partial charge < -0.3 is 15.3 Å². The van der Waals surface area contributed by atoms with Crippen LogP contribution in [0, 0.1) is 0 Å². The first kappa shape index (κ1) is 20.0. The lowest BCUT2D eigenvalue weighted by Crippen LogP contribution is -2.32. The molecule has 0 aliphatic heterocycles. The Balaban J connectivity index is 0.000000257. The van der Waals surface area contributed by atoms with Gasteiger partial charge >= 0.3 is 0 Å². The summed E-state index contributed by atoms with van der Waals surface area (Å²) in [6.45, 7) is 1.75. The van der Waals surface area contributed by atoms with Crippen molar-refractivity contribution in [2.75, 3.05) is 39.5 Å². The molecule has 0 unspecified atom stereocenters. The van der Waals surface area contributed by atoms with Gasteiger partial charge in [-0.15, -0.1) is 0 Å². The molecule has 0 aromatic heterocycles.